The Bertz CT molecular complexity index is 1560. The summed E-state index contributed by atoms with van der Waals surface area (Å²) in [5.41, 5.74) is 5.35. The SMILES string of the molecule is C[C@H](CO)N1C[C@H](C)[C@H](CN(C)C(=O)[C@H](C)c2ccccc2)OCc2ccccc2-c2c(n(C)c3ccccc23)C1=O. The Labute approximate surface area is 248 Å². The van der Waals surface area contributed by atoms with Gasteiger partial charge in [0, 0.05) is 49.6 Å². The van der Waals surface area contributed by atoms with Gasteiger partial charge in [-0.15, -0.1) is 0 Å². The Morgan fingerprint density at radius 2 is 1.69 bits per heavy atom. The van der Waals surface area contributed by atoms with Crippen LogP contribution in [0.1, 0.15) is 48.3 Å². The molecule has 0 unspecified atom stereocenters. The first-order chi connectivity index (χ1) is 20.2. The van der Waals surface area contributed by atoms with Gasteiger partial charge in [-0.05, 0) is 36.6 Å². The van der Waals surface area contributed by atoms with Crippen molar-refractivity contribution in [1.29, 1.82) is 0 Å². The van der Waals surface area contributed by atoms with E-state index in [1.165, 1.54) is 0 Å². The number of aliphatic hydroxyl groups is 1. The van der Waals surface area contributed by atoms with Crippen molar-refractivity contribution < 1.29 is 19.4 Å². The fourth-order valence-corrected chi connectivity index (χ4v) is 6.10. The molecule has 7 nitrogen and oxygen atoms in total. The second kappa shape index (κ2) is 12.5. The minimum absolute atomic E-state index is 0.0160. The molecule has 1 aliphatic heterocycles. The molecule has 0 aliphatic carbocycles. The number of carbonyl (C=O) groups is 2. The number of nitrogens with zero attached hydrogens (tertiary/aromatic N) is 3. The predicted molar refractivity (Wildman–Crippen MR) is 166 cm³/mol. The fourth-order valence-electron chi connectivity index (χ4n) is 6.10. The Balaban J connectivity index is 1.55. The van der Waals surface area contributed by atoms with E-state index in [0.29, 0.717) is 25.4 Å². The number of carbonyl (C=O) groups excluding carboxylic acids is 2. The van der Waals surface area contributed by atoms with Crippen LogP contribution in [0.25, 0.3) is 22.0 Å². The molecule has 1 N–H and O–H groups in total. The Morgan fingerprint density at radius 1 is 1.02 bits per heavy atom. The molecule has 3 aromatic carbocycles. The highest BCUT2D eigenvalue weighted by Crippen LogP contribution is 2.38. The zero-order valence-electron chi connectivity index (χ0n) is 25.2. The first-order valence-electron chi connectivity index (χ1n) is 14.7. The van der Waals surface area contributed by atoms with Crippen LogP contribution in [0, 0.1) is 5.92 Å². The summed E-state index contributed by atoms with van der Waals surface area (Å²) in [5.74, 6) is -0.518. The molecule has 1 aromatic heterocycles. The largest absolute Gasteiger partial charge is 0.394 e. The average molecular weight is 568 g/mol. The topological polar surface area (TPSA) is 75.0 Å². The van der Waals surface area contributed by atoms with E-state index >= 15 is 0 Å². The minimum Gasteiger partial charge on any atom is -0.394 e. The van der Waals surface area contributed by atoms with E-state index in [0.717, 1.165) is 33.2 Å². The lowest BCUT2D eigenvalue weighted by Gasteiger charge is -2.35. The van der Waals surface area contributed by atoms with Crippen molar-refractivity contribution in [2.75, 3.05) is 26.7 Å². The third-order valence-corrected chi connectivity index (χ3v) is 8.73. The van der Waals surface area contributed by atoms with Gasteiger partial charge in [-0.1, -0.05) is 79.7 Å². The first-order valence-corrected chi connectivity index (χ1v) is 14.7. The summed E-state index contributed by atoms with van der Waals surface area (Å²) in [7, 11) is 3.75. The number of rotatable bonds is 6. The lowest BCUT2D eigenvalue weighted by molar-refractivity contribution is -0.134. The highest BCUT2D eigenvalue weighted by molar-refractivity contribution is 6.10. The number of hydrogen-bond donors (Lipinski definition) is 1. The van der Waals surface area contributed by atoms with Crippen LogP contribution in [0.15, 0.2) is 78.9 Å². The van der Waals surface area contributed by atoms with Crippen LogP contribution in [0.2, 0.25) is 0 Å². The third-order valence-electron chi connectivity index (χ3n) is 8.73. The van der Waals surface area contributed by atoms with Crippen molar-refractivity contribution in [2.24, 2.45) is 13.0 Å². The molecule has 4 atom stereocenters. The number of likely N-dealkylation sites (N-methyl/N-ethyl adjacent to an activating group) is 1. The maximum absolute atomic E-state index is 14.5. The summed E-state index contributed by atoms with van der Waals surface area (Å²) in [5, 5.41) is 11.2. The smallest absolute Gasteiger partial charge is 0.271 e. The van der Waals surface area contributed by atoms with Gasteiger partial charge in [0.25, 0.3) is 5.91 Å². The van der Waals surface area contributed by atoms with E-state index in [1.807, 2.05) is 105 Å². The molecule has 5 rings (SSSR count). The molecular formula is C35H41N3O4. The van der Waals surface area contributed by atoms with Crippen LogP contribution in [-0.2, 0) is 23.2 Å². The van der Waals surface area contributed by atoms with E-state index < -0.39 is 6.04 Å². The van der Waals surface area contributed by atoms with Crippen molar-refractivity contribution in [3.05, 3.63) is 95.7 Å². The number of fused-ring (bicyclic) bond motifs is 5. The second-order valence-corrected chi connectivity index (χ2v) is 11.6. The monoisotopic (exact) mass is 567 g/mol. The van der Waals surface area contributed by atoms with E-state index in [4.69, 9.17) is 4.74 Å². The lowest BCUT2D eigenvalue weighted by Crippen LogP contribution is -2.48. The molecule has 2 heterocycles. The highest BCUT2D eigenvalue weighted by atomic mass is 16.5. The van der Waals surface area contributed by atoms with Crippen LogP contribution in [0.3, 0.4) is 0 Å². The summed E-state index contributed by atoms with van der Waals surface area (Å²) in [4.78, 5) is 31.5. The zero-order chi connectivity index (χ0) is 30.0. The number of aromatic nitrogens is 1. The summed E-state index contributed by atoms with van der Waals surface area (Å²) in [6.07, 6.45) is -0.339. The van der Waals surface area contributed by atoms with Gasteiger partial charge < -0.3 is 24.2 Å². The van der Waals surface area contributed by atoms with Crippen LogP contribution < -0.4 is 0 Å². The summed E-state index contributed by atoms with van der Waals surface area (Å²) >= 11 is 0. The number of amides is 2. The van der Waals surface area contributed by atoms with Gasteiger partial charge >= 0.3 is 0 Å². The molecule has 0 radical (unpaired) electrons. The molecule has 0 bridgehead atoms. The van der Waals surface area contributed by atoms with Crippen molar-refractivity contribution in [1.82, 2.24) is 14.4 Å². The van der Waals surface area contributed by atoms with E-state index in [2.05, 4.69) is 13.0 Å². The van der Waals surface area contributed by atoms with E-state index in [1.54, 1.807) is 9.80 Å². The van der Waals surface area contributed by atoms with Crippen molar-refractivity contribution >= 4 is 22.7 Å². The van der Waals surface area contributed by atoms with Crippen molar-refractivity contribution in [3.8, 4) is 11.1 Å². The Morgan fingerprint density at radius 3 is 2.43 bits per heavy atom. The molecule has 0 saturated heterocycles. The zero-order valence-corrected chi connectivity index (χ0v) is 25.2. The third kappa shape index (κ3) is 5.59. The van der Waals surface area contributed by atoms with Crippen molar-refractivity contribution in [3.63, 3.8) is 0 Å². The Hall–Kier alpha value is -3.94. The molecule has 0 saturated carbocycles. The van der Waals surface area contributed by atoms with E-state index in [9.17, 15) is 14.7 Å². The molecule has 220 valence electrons. The molecule has 2 amide bonds. The van der Waals surface area contributed by atoms with Gasteiger partial charge in [0.2, 0.25) is 5.91 Å². The average Bonchev–Trinajstić information content (AvgIpc) is 3.31. The van der Waals surface area contributed by atoms with Gasteiger partial charge in [-0.2, -0.15) is 0 Å². The number of aliphatic hydroxyl groups excluding tert-OH is 1. The summed E-state index contributed by atoms with van der Waals surface area (Å²) in [6.45, 7) is 6.79. The molecule has 4 aromatic rings. The molecule has 7 heteroatoms. The standard InChI is InChI=1S/C35H41N3O4/c1-23-19-38(24(2)21-39)35(41)33-32(29-17-11-12-18-30(29)37(33)5)28-16-10-9-15-27(28)22-42-31(23)20-36(4)34(40)25(3)26-13-7-6-8-14-26/h6-18,23-25,31,39H,19-22H2,1-5H3/t23-,24+,25+,31-/m0/s1. The molecule has 42 heavy (non-hydrogen) atoms. The van der Waals surface area contributed by atoms with Crippen LogP contribution in [-0.4, -0.2) is 70.2 Å². The number of para-hydroxylation sites is 1. The molecular weight excluding hydrogens is 526 g/mol. The van der Waals surface area contributed by atoms with E-state index in [-0.39, 0.29) is 36.4 Å². The maximum Gasteiger partial charge on any atom is 0.271 e. The van der Waals surface area contributed by atoms with Crippen LogP contribution in [0.4, 0.5) is 0 Å². The molecule has 0 spiro atoms. The lowest BCUT2D eigenvalue weighted by atomic mass is 9.96. The summed E-state index contributed by atoms with van der Waals surface area (Å²) in [6, 6.07) is 25.5. The second-order valence-electron chi connectivity index (χ2n) is 11.6. The van der Waals surface area contributed by atoms with Crippen molar-refractivity contribution in [2.45, 2.75) is 45.4 Å². The first kappa shape index (κ1) is 29.5. The van der Waals surface area contributed by atoms with Gasteiger partial charge in [0.1, 0.15) is 5.69 Å². The highest BCUT2D eigenvalue weighted by Gasteiger charge is 2.34. The quantitative estimate of drug-likeness (QED) is 0.336. The minimum atomic E-state index is -0.403. The van der Waals surface area contributed by atoms with Gasteiger partial charge in [0.15, 0.2) is 0 Å². The number of hydrogen-bond acceptors (Lipinski definition) is 4. The number of aryl methyl sites for hydroxylation is 1. The van der Waals surface area contributed by atoms with Crippen LogP contribution in [0.5, 0.6) is 0 Å². The van der Waals surface area contributed by atoms with Gasteiger partial charge in [0.05, 0.1) is 31.3 Å². The van der Waals surface area contributed by atoms with Crippen LogP contribution >= 0.6 is 0 Å². The number of ether oxygens (including phenoxy) is 1. The van der Waals surface area contributed by atoms with Gasteiger partial charge in [-0.25, -0.2) is 0 Å². The Kier molecular flexibility index (Phi) is 8.80. The predicted octanol–water partition coefficient (Wildman–Crippen LogP) is 5.47. The molecule has 0 fully saturated rings. The normalized spacial score (nSPS) is 19.0. The van der Waals surface area contributed by atoms with Gasteiger partial charge in [-0.3, -0.25) is 9.59 Å². The molecule has 1 aliphatic rings. The maximum atomic E-state index is 14.5. The summed E-state index contributed by atoms with van der Waals surface area (Å²) < 4.78 is 8.62. The number of benzene rings is 3. The fraction of sp³-hybridized carbons (Fsp3) is 0.371.